The van der Waals surface area contributed by atoms with Gasteiger partial charge in [-0.25, -0.2) is 0 Å². The molecule has 3 aromatic carbocycles. The van der Waals surface area contributed by atoms with Crippen molar-refractivity contribution in [1.29, 1.82) is 0 Å². The van der Waals surface area contributed by atoms with E-state index in [1.54, 1.807) is 0 Å². The smallest absolute Gasteiger partial charge is 0.303 e. The Balaban J connectivity index is 1.57. The van der Waals surface area contributed by atoms with Crippen molar-refractivity contribution < 1.29 is 29.3 Å². The van der Waals surface area contributed by atoms with E-state index in [9.17, 15) is 19.8 Å². The summed E-state index contributed by atoms with van der Waals surface area (Å²) in [5.74, 6) is -1.01. The molecule has 0 aliphatic rings. The summed E-state index contributed by atoms with van der Waals surface area (Å²) >= 11 is 0. The third-order valence-electron chi connectivity index (χ3n) is 14.2. The Kier molecular flexibility index (Phi) is 33.9. The zero-order valence-electron chi connectivity index (χ0n) is 44.0. The average molecular weight is 954 g/mol. The standard InChI is InChI=1S/C62H99NO6/c1-4-6-8-10-12-14-16-17-18-19-20-21-22-23-24-26-28-30-32-43-51-59(69-53(3)64)61(67)63-57(60(66)58(65)50-42-31-29-27-25-15-13-11-9-7-5-2)52-68-62(54-44-36-33-37-45-54,55-46-38-34-39-47-55)56-48-40-35-41-49-56/h33-41,44-49,57-60,65-66H,4-32,42-43,50-52H2,1-3H3,(H,63,67)/t57-,58+,59+,60-/m0/s1. The van der Waals surface area contributed by atoms with Gasteiger partial charge >= 0.3 is 5.97 Å². The molecule has 0 aliphatic heterocycles. The molecule has 0 unspecified atom stereocenters. The van der Waals surface area contributed by atoms with Crippen LogP contribution in [0.1, 0.15) is 249 Å². The van der Waals surface area contributed by atoms with Gasteiger partial charge < -0.3 is 25.0 Å². The van der Waals surface area contributed by atoms with E-state index in [0.29, 0.717) is 12.8 Å². The van der Waals surface area contributed by atoms with Crippen LogP contribution in [0.15, 0.2) is 91.0 Å². The van der Waals surface area contributed by atoms with E-state index >= 15 is 0 Å². The number of amides is 1. The summed E-state index contributed by atoms with van der Waals surface area (Å²) in [7, 11) is 0. The molecule has 0 fully saturated rings. The number of carbonyl (C=O) groups excluding carboxylic acids is 2. The fraction of sp³-hybridized carbons (Fsp3) is 0.677. The normalized spacial score (nSPS) is 13.5. The molecule has 388 valence electrons. The number of ether oxygens (including phenoxy) is 2. The maximum atomic E-state index is 14.2. The van der Waals surface area contributed by atoms with E-state index in [2.05, 4.69) is 19.2 Å². The molecule has 69 heavy (non-hydrogen) atoms. The number of hydrogen-bond acceptors (Lipinski definition) is 6. The van der Waals surface area contributed by atoms with Crippen molar-refractivity contribution >= 4 is 11.9 Å². The molecule has 0 aliphatic carbocycles. The molecule has 0 saturated heterocycles. The largest absolute Gasteiger partial charge is 0.452 e. The van der Waals surface area contributed by atoms with Gasteiger partial charge in [0.25, 0.3) is 5.91 Å². The summed E-state index contributed by atoms with van der Waals surface area (Å²) in [6.45, 7) is 5.75. The minimum absolute atomic E-state index is 0.118. The van der Waals surface area contributed by atoms with E-state index in [0.717, 1.165) is 61.6 Å². The minimum atomic E-state index is -1.32. The Morgan fingerprint density at radius 2 is 0.768 bits per heavy atom. The number of rotatable bonds is 44. The molecule has 0 heterocycles. The van der Waals surface area contributed by atoms with Crippen molar-refractivity contribution in [3.05, 3.63) is 108 Å². The second-order valence-corrected chi connectivity index (χ2v) is 20.2. The van der Waals surface area contributed by atoms with Crippen molar-refractivity contribution in [3.8, 4) is 0 Å². The zero-order valence-corrected chi connectivity index (χ0v) is 44.0. The fourth-order valence-corrected chi connectivity index (χ4v) is 9.97. The minimum Gasteiger partial charge on any atom is -0.452 e. The predicted octanol–water partition coefficient (Wildman–Crippen LogP) is 16.0. The molecule has 0 radical (unpaired) electrons. The van der Waals surface area contributed by atoms with Crippen LogP contribution in [0.2, 0.25) is 0 Å². The number of unbranched alkanes of at least 4 members (excludes halogenated alkanes) is 29. The molecule has 0 bridgehead atoms. The van der Waals surface area contributed by atoms with Crippen LogP contribution in [0.25, 0.3) is 0 Å². The topological polar surface area (TPSA) is 105 Å². The molecule has 0 aromatic heterocycles. The van der Waals surface area contributed by atoms with Crippen LogP contribution in [-0.2, 0) is 24.7 Å². The first kappa shape index (κ1) is 59.8. The first-order chi connectivity index (χ1) is 33.8. The van der Waals surface area contributed by atoms with Gasteiger partial charge in [0.1, 0.15) is 11.7 Å². The number of esters is 1. The van der Waals surface area contributed by atoms with Gasteiger partial charge in [0, 0.05) is 6.92 Å². The second kappa shape index (κ2) is 39.1. The first-order valence-electron chi connectivity index (χ1n) is 28.5. The van der Waals surface area contributed by atoms with Crippen molar-refractivity contribution in [3.63, 3.8) is 0 Å². The number of hydrogen-bond donors (Lipinski definition) is 3. The predicted molar refractivity (Wildman–Crippen MR) is 288 cm³/mol. The van der Waals surface area contributed by atoms with E-state index < -0.39 is 41.8 Å². The summed E-state index contributed by atoms with van der Waals surface area (Å²) in [4.78, 5) is 26.6. The van der Waals surface area contributed by atoms with Gasteiger partial charge in [0.15, 0.2) is 6.10 Å². The Morgan fingerprint density at radius 1 is 0.464 bits per heavy atom. The lowest BCUT2D eigenvalue weighted by atomic mass is 9.80. The Hall–Kier alpha value is -3.52. The number of aliphatic hydroxyl groups excluding tert-OH is 2. The Morgan fingerprint density at radius 3 is 1.09 bits per heavy atom. The van der Waals surface area contributed by atoms with E-state index in [-0.39, 0.29) is 6.61 Å². The molecule has 7 nitrogen and oxygen atoms in total. The number of nitrogens with one attached hydrogen (secondary N) is 1. The highest BCUT2D eigenvalue weighted by Gasteiger charge is 2.40. The maximum Gasteiger partial charge on any atom is 0.303 e. The van der Waals surface area contributed by atoms with Gasteiger partial charge in [-0.15, -0.1) is 0 Å². The fourth-order valence-electron chi connectivity index (χ4n) is 9.97. The molecule has 4 atom stereocenters. The molecule has 3 N–H and O–H groups in total. The van der Waals surface area contributed by atoms with Gasteiger partial charge in [0.05, 0.1) is 18.8 Å². The van der Waals surface area contributed by atoms with Gasteiger partial charge in [-0.2, -0.15) is 0 Å². The third kappa shape index (κ3) is 25.4. The van der Waals surface area contributed by atoms with Gasteiger partial charge in [-0.1, -0.05) is 297 Å². The third-order valence-corrected chi connectivity index (χ3v) is 14.2. The van der Waals surface area contributed by atoms with E-state index in [1.165, 1.54) is 161 Å². The van der Waals surface area contributed by atoms with Crippen molar-refractivity contribution in [2.45, 2.75) is 263 Å². The molecular formula is C62H99NO6. The Bertz CT molecular complexity index is 1560. The summed E-state index contributed by atoms with van der Waals surface area (Å²) in [6.07, 6.45) is 36.2. The molecule has 0 saturated carbocycles. The molecule has 0 spiro atoms. The summed E-state index contributed by atoms with van der Waals surface area (Å²) in [5.41, 5.74) is 1.57. The molecule has 1 amide bonds. The lowest BCUT2D eigenvalue weighted by Crippen LogP contribution is -2.55. The van der Waals surface area contributed by atoms with Crippen LogP contribution < -0.4 is 5.32 Å². The first-order valence-corrected chi connectivity index (χ1v) is 28.5. The second-order valence-electron chi connectivity index (χ2n) is 20.2. The SMILES string of the molecule is CCCCCCCCCCCCCCCCCCCCCC[C@@H](OC(C)=O)C(=O)N[C@@H](COC(c1ccccc1)(c1ccccc1)c1ccccc1)[C@H](O)[C@H](O)CCCCCCCCCCCCC. The quantitative estimate of drug-likeness (QED) is 0.0296. The molecule has 3 rings (SSSR count). The highest BCUT2D eigenvalue weighted by atomic mass is 16.5. The summed E-state index contributed by atoms with van der Waals surface area (Å²) < 4.78 is 12.8. The molecule has 7 heteroatoms. The van der Waals surface area contributed by atoms with Crippen LogP contribution in [0, 0.1) is 0 Å². The van der Waals surface area contributed by atoms with Gasteiger partial charge in [-0.05, 0) is 36.0 Å². The monoisotopic (exact) mass is 954 g/mol. The average Bonchev–Trinajstić information content (AvgIpc) is 3.37. The maximum absolute atomic E-state index is 14.2. The van der Waals surface area contributed by atoms with Crippen molar-refractivity contribution in [2.24, 2.45) is 0 Å². The lowest BCUT2D eigenvalue weighted by Gasteiger charge is -2.38. The van der Waals surface area contributed by atoms with Crippen molar-refractivity contribution in [1.82, 2.24) is 5.32 Å². The van der Waals surface area contributed by atoms with E-state index in [1.807, 2.05) is 91.0 Å². The highest BCUT2D eigenvalue weighted by Crippen LogP contribution is 2.40. The number of carbonyl (C=O) groups is 2. The van der Waals surface area contributed by atoms with Gasteiger partial charge in [0.2, 0.25) is 0 Å². The Labute approximate surface area is 421 Å². The molecule has 3 aromatic rings. The highest BCUT2D eigenvalue weighted by molar-refractivity contribution is 5.83. The summed E-state index contributed by atoms with van der Waals surface area (Å²) in [6, 6.07) is 29.0. The van der Waals surface area contributed by atoms with Crippen molar-refractivity contribution in [2.75, 3.05) is 6.61 Å². The van der Waals surface area contributed by atoms with Crippen LogP contribution in [0.5, 0.6) is 0 Å². The van der Waals surface area contributed by atoms with Crippen LogP contribution in [0.4, 0.5) is 0 Å². The van der Waals surface area contributed by atoms with Crippen LogP contribution in [-0.4, -0.2) is 53.1 Å². The number of benzene rings is 3. The van der Waals surface area contributed by atoms with Crippen LogP contribution >= 0.6 is 0 Å². The van der Waals surface area contributed by atoms with Crippen LogP contribution in [0.3, 0.4) is 0 Å². The lowest BCUT2D eigenvalue weighted by molar-refractivity contribution is -0.155. The number of aliphatic hydroxyl groups is 2. The molecular weight excluding hydrogens is 855 g/mol. The summed E-state index contributed by atoms with van der Waals surface area (Å²) in [5, 5.41) is 26.5. The van der Waals surface area contributed by atoms with Gasteiger partial charge in [-0.3, -0.25) is 9.59 Å². The van der Waals surface area contributed by atoms with E-state index in [4.69, 9.17) is 9.47 Å². The zero-order chi connectivity index (χ0) is 49.5.